The quantitative estimate of drug-likeness (QED) is 0.530. The van der Waals surface area contributed by atoms with E-state index in [0.717, 1.165) is 27.3 Å². The van der Waals surface area contributed by atoms with Gasteiger partial charge in [-0.25, -0.2) is 0 Å². The highest BCUT2D eigenvalue weighted by Gasteiger charge is 2.21. The first-order valence-corrected chi connectivity index (χ1v) is 8.18. The Morgan fingerprint density at radius 3 is 2.31 bits per heavy atom. The van der Waals surface area contributed by atoms with E-state index in [1.54, 1.807) is 14.2 Å². The zero-order chi connectivity index (χ0) is 18.3. The number of rotatable bonds is 3. The van der Waals surface area contributed by atoms with Crippen LogP contribution in [0.1, 0.15) is 5.56 Å². The van der Waals surface area contributed by atoms with Crippen molar-refractivity contribution in [3.8, 4) is 11.5 Å². The molecule has 0 heterocycles. The standard InChI is InChI=1S/C22H16O4/c1-25-15-5-7-16-13(11-15)3-6-18-17(16)8-10-21(26-2)22(18)19-12-14(23)4-9-20(19)24/h3-12H,1-2H3. The third kappa shape index (κ3) is 2.47. The van der Waals surface area contributed by atoms with Gasteiger partial charge in [0, 0.05) is 11.1 Å². The van der Waals surface area contributed by atoms with E-state index in [4.69, 9.17) is 9.47 Å². The van der Waals surface area contributed by atoms with E-state index in [2.05, 4.69) is 0 Å². The summed E-state index contributed by atoms with van der Waals surface area (Å²) < 4.78 is 10.8. The van der Waals surface area contributed by atoms with Gasteiger partial charge < -0.3 is 9.47 Å². The summed E-state index contributed by atoms with van der Waals surface area (Å²) in [6, 6.07) is 13.6. The predicted octanol–water partition coefficient (Wildman–Crippen LogP) is 4.10. The van der Waals surface area contributed by atoms with Crippen molar-refractivity contribution in [2.24, 2.45) is 0 Å². The first-order valence-electron chi connectivity index (χ1n) is 8.18. The molecule has 1 aliphatic rings. The average molecular weight is 344 g/mol. The summed E-state index contributed by atoms with van der Waals surface area (Å²) in [4.78, 5) is 24.3. The molecule has 4 rings (SSSR count). The van der Waals surface area contributed by atoms with Gasteiger partial charge in [0.25, 0.3) is 0 Å². The second-order valence-electron chi connectivity index (χ2n) is 6.05. The first kappa shape index (κ1) is 16.1. The molecule has 0 atom stereocenters. The van der Waals surface area contributed by atoms with Gasteiger partial charge in [-0.15, -0.1) is 0 Å². The molecule has 26 heavy (non-hydrogen) atoms. The largest absolute Gasteiger partial charge is 0.497 e. The number of hydrogen-bond acceptors (Lipinski definition) is 4. The number of carbonyl (C=O) groups excluding carboxylic acids is 2. The zero-order valence-electron chi connectivity index (χ0n) is 14.4. The lowest BCUT2D eigenvalue weighted by atomic mass is 9.89. The van der Waals surface area contributed by atoms with Crippen LogP contribution < -0.4 is 9.47 Å². The maximum absolute atomic E-state index is 12.4. The van der Waals surface area contributed by atoms with Gasteiger partial charge in [0.2, 0.25) is 0 Å². The normalized spacial score (nSPS) is 14.0. The van der Waals surface area contributed by atoms with Gasteiger partial charge in [0.15, 0.2) is 11.6 Å². The Balaban J connectivity index is 2.07. The molecule has 0 amide bonds. The summed E-state index contributed by atoms with van der Waals surface area (Å²) >= 11 is 0. The van der Waals surface area contributed by atoms with Crippen LogP contribution >= 0.6 is 0 Å². The molecule has 0 aliphatic heterocycles. The average Bonchev–Trinajstić information content (AvgIpc) is 2.68. The smallest absolute Gasteiger partial charge is 0.186 e. The van der Waals surface area contributed by atoms with Gasteiger partial charge in [-0.1, -0.05) is 24.3 Å². The minimum absolute atomic E-state index is 0.203. The highest BCUT2D eigenvalue weighted by atomic mass is 16.5. The van der Waals surface area contributed by atoms with Crippen LogP contribution in [0.4, 0.5) is 0 Å². The maximum Gasteiger partial charge on any atom is 0.186 e. The predicted molar refractivity (Wildman–Crippen MR) is 102 cm³/mol. The second kappa shape index (κ2) is 6.15. The van der Waals surface area contributed by atoms with E-state index in [0.29, 0.717) is 16.9 Å². The number of carbonyl (C=O) groups is 2. The summed E-state index contributed by atoms with van der Waals surface area (Å²) in [5.41, 5.74) is 0.998. The lowest BCUT2D eigenvalue weighted by Crippen LogP contribution is -2.08. The SMILES string of the molecule is COc1ccc2c(ccc3c(C4=CC(=O)C=CC4=O)c(OC)ccc32)c1. The Morgan fingerprint density at radius 2 is 1.54 bits per heavy atom. The number of fused-ring (bicyclic) bond motifs is 3. The molecule has 0 unspecified atom stereocenters. The molecule has 1 aliphatic carbocycles. The fourth-order valence-corrected chi connectivity index (χ4v) is 3.38. The van der Waals surface area contributed by atoms with Crippen molar-refractivity contribution < 1.29 is 19.1 Å². The molecule has 0 aromatic heterocycles. The van der Waals surface area contributed by atoms with Crippen molar-refractivity contribution in [2.45, 2.75) is 0 Å². The molecule has 4 heteroatoms. The van der Waals surface area contributed by atoms with Crippen LogP contribution in [0.15, 0.2) is 60.7 Å². The van der Waals surface area contributed by atoms with Gasteiger partial charge in [-0.2, -0.15) is 0 Å². The Hall–Kier alpha value is -3.40. The minimum atomic E-state index is -0.204. The van der Waals surface area contributed by atoms with Crippen molar-refractivity contribution >= 4 is 38.7 Å². The Morgan fingerprint density at radius 1 is 0.769 bits per heavy atom. The number of ether oxygens (including phenoxy) is 2. The molecule has 4 nitrogen and oxygen atoms in total. The lowest BCUT2D eigenvalue weighted by molar-refractivity contribution is -0.113. The summed E-state index contributed by atoms with van der Waals surface area (Å²) in [5, 5.41) is 3.92. The molecular weight excluding hydrogens is 328 g/mol. The van der Waals surface area contributed by atoms with Gasteiger partial charge in [-0.3, -0.25) is 9.59 Å². The van der Waals surface area contributed by atoms with E-state index in [1.807, 2.05) is 42.5 Å². The molecule has 0 N–H and O–H groups in total. The van der Waals surface area contributed by atoms with E-state index < -0.39 is 0 Å². The van der Waals surface area contributed by atoms with E-state index in [-0.39, 0.29) is 11.6 Å². The monoisotopic (exact) mass is 344 g/mol. The number of methoxy groups -OCH3 is 2. The van der Waals surface area contributed by atoms with Crippen molar-refractivity contribution in [3.05, 3.63) is 66.3 Å². The van der Waals surface area contributed by atoms with Crippen molar-refractivity contribution in [2.75, 3.05) is 14.2 Å². The van der Waals surface area contributed by atoms with Gasteiger partial charge >= 0.3 is 0 Å². The molecule has 0 saturated heterocycles. The van der Waals surface area contributed by atoms with Gasteiger partial charge in [-0.05, 0) is 58.0 Å². The highest BCUT2D eigenvalue weighted by molar-refractivity contribution is 6.36. The fourth-order valence-electron chi connectivity index (χ4n) is 3.38. The highest BCUT2D eigenvalue weighted by Crippen LogP contribution is 2.38. The van der Waals surface area contributed by atoms with Crippen LogP contribution in [0.5, 0.6) is 11.5 Å². The number of ketones is 2. The van der Waals surface area contributed by atoms with Crippen LogP contribution in [0.25, 0.3) is 27.1 Å². The summed E-state index contributed by atoms with van der Waals surface area (Å²) in [7, 11) is 3.19. The topological polar surface area (TPSA) is 52.6 Å². The maximum atomic E-state index is 12.4. The summed E-state index contributed by atoms with van der Waals surface area (Å²) in [5.74, 6) is 0.939. The molecule has 3 aromatic rings. The van der Waals surface area contributed by atoms with Crippen molar-refractivity contribution in [3.63, 3.8) is 0 Å². The summed E-state index contributed by atoms with van der Waals surface area (Å²) in [6.45, 7) is 0. The third-order valence-corrected chi connectivity index (χ3v) is 4.63. The van der Waals surface area contributed by atoms with Gasteiger partial charge in [0.1, 0.15) is 11.5 Å². The number of allylic oxidation sites excluding steroid dienone is 4. The van der Waals surface area contributed by atoms with Gasteiger partial charge in [0.05, 0.1) is 14.2 Å². The molecule has 128 valence electrons. The van der Waals surface area contributed by atoms with Crippen LogP contribution in [0.2, 0.25) is 0 Å². The fraction of sp³-hybridized carbons (Fsp3) is 0.0909. The molecule has 0 saturated carbocycles. The number of hydrogen-bond donors (Lipinski definition) is 0. The lowest BCUT2D eigenvalue weighted by Gasteiger charge is -2.16. The minimum Gasteiger partial charge on any atom is -0.497 e. The van der Waals surface area contributed by atoms with E-state index in [9.17, 15) is 9.59 Å². The first-order chi connectivity index (χ1) is 12.6. The molecule has 0 fully saturated rings. The Bertz CT molecular complexity index is 1140. The molecule has 0 radical (unpaired) electrons. The molecule has 0 spiro atoms. The van der Waals surface area contributed by atoms with Crippen molar-refractivity contribution in [1.29, 1.82) is 0 Å². The van der Waals surface area contributed by atoms with Crippen LogP contribution in [-0.4, -0.2) is 25.8 Å². The Kier molecular flexibility index (Phi) is 3.81. The zero-order valence-corrected chi connectivity index (χ0v) is 14.4. The molecule has 3 aromatic carbocycles. The molecule has 0 bridgehead atoms. The van der Waals surface area contributed by atoms with Crippen LogP contribution in [0.3, 0.4) is 0 Å². The summed E-state index contributed by atoms with van der Waals surface area (Å²) in [6.07, 6.45) is 3.96. The number of benzene rings is 3. The molecular formula is C22H16O4. The van der Waals surface area contributed by atoms with E-state index >= 15 is 0 Å². The van der Waals surface area contributed by atoms with E-state index in [1.165, 1.54) is 18.2 Å². The third-order valence-electron chi connectivity index (χ3n) is 4.63. The Labute approximate surface area is 150 Å². The van der Waals surface area contributed by atoms with Crippen LogP contribution in [0, 0.1) is 0 Å². The van der Waals surface area contributed by atoms with Crippen molar-refractivity contribution in [1.82, 2.24) is 0 Å². The second-order valence-corrected chi connectivity index (χ2v) is 6.05. The van der Waals surface area contributed by atoms with Crippen LogP contribution in [-0.2, 0) is 9.59 Å².